The number of anilines is 1. The number of rotatable bonds is 6. The highest BCUT2D eigenvalue weighted by atomic mass is 32.2. The Kier molecular flexibility index (Phi) is 7.77. The minimum Gasteiger partial charge on any atom is -0.356 e. The van der Waals surface area contributed by atoms with Gasteiger partial charge in [0.05, 0.1) is 17.0 Å². The van der Waals surface area contributed by atoms with Gasteiger partial charge in [0.2, 0.25) is 0 Å². The van der Waals surface area contributed by atoms with Crippen LogP contribution < -0.4 is 10.5 Å². The SMILES string of the molecule is Cc1ccc(CN2C(=O)C(=Cc3c(N4CCC(Cc5ccccc5)CC4)nc4ccc(C)cn4c3=O)SC2=S)cc1. The van der Waals surface area contributed by atoms with E-state index in [0.717, 1.165) is 49.0 Å². The molecule has 2 aliphatic rings. The van der Waals surface area contributed by atoms with Crippen molar-refractivity contribution in [2.75, 3.05) is 18.0 Å². The number of aryl methyl sites for hydroxylation is 2. The molecule has 0 atom stereocenters. The Balaban J connectivity index is 1.31. The first-order valence-electron chi connectivity index (χ1n) is 14.0. The molecule has 0 aliphatic carbocycles. The molecule has 2 aromatic heterocycles. The number of carbonyl (C=O) groups excluding carboxylic acids is 1. The molecule has 0 bridgehead atoms. The summed E-state index contributed by atoms with van der Waals surface area (Å²) in [6.07, 6.45) is 6.60. The quantitative estimate of drug-likeness (QED) is 0.201. The molecule has 208 valence electrons. The van der Waals surface area contributed by atoms with E-state index in [4.69, 9.17) is 17.2 Å². The number of hydrogen-bond acceptors (Lipinski definition) is 6. The largest absolute Gasteiger partial charge is 0.356 e. The topological polar surface area (TPSA) is 57.9 Å². The molecule has 8 heteroatoms. The number of fused-ring (bicyclic) bond motifs is 1. The minimum atomic E-state index is -0.179. The van der Waals surface area contributed by atoms with Gasteiger partial charge in [0.15, 0.2) is 0 Å². The van der Waals surface area contributed by atoms with E-state index in [1.807, 2.05) is 50.2 Å². The maximum Gasteiger partial charge on any atom is 0.267 e. The minimum absolute atomic E-state index is 0.177. The van der Waals surface area contributed by atoms with Gasteiger partial charge in [-0.25, -0.2) is 4.98 Å². The van der Waals surface area contributed by atoms with E-state index in [0.29, 0.717) is 38.7 Å². The molecule has 41 heavy (non-hydrogen) atoms. The average Bonchev–Trinajstić information content (AvgIpc) is 3.24. The van der Waals surface area contributed by atoms with Gasteiger partial charge in [0.25, 0.3) is 11.5 Å². The van der Waals surface area contributed by atoms with Gasteiger partial charge < -0.3 is 4.90 Å². The number of benzene rings is 2. The van der Waals surface area contributed by atoms with Gasteiger partial charge in [-0.2, -0.15) is 0 Å². The molecule has 0 unspecified atom stereocenters. The lowest BCUT2D eigenvalue weighted by molar-refractivity contribution is -0.122. The molecule has 4 heterocycles. The zero-order chi connectivity index (χ0) is 28.5. The van der Waals surface area contributed by atoms with Crippen LogP contribution in [0.3, 0.4) is 0 Å². The number of pyridine rings is 1. The summed E-state index contributed by atoms with van der Waals surface area (Å²) < 4.78 is 2.08. The van der Waals surface area contributed by atoms with Crippen molar-refractivity contribution in [1.29, 1.82) is 0 Å². The Morgan fingerprint density at radius 2 is 1.63 bits per heavy atom. The van der Waals surface area contributed by atoms with E-state index >= 15 is 0 Å². The number of thiocarbonyl (C=S) groups is 1. The van der Waals surface area contributed by atoms with Gasteiger partial charge in [-0.3, -0.25) is 18.9 Å². The van der Waals surface area contributed by atoms with E-state index in [1.165, 1.54) is 17.3 Å². The van der Waals surface area contributed by atoms with Crippen molar-refractivity contribution in [3.8, 4) is 0 Å². The third-order valence-electron chi connectivity index (χ3n) is 7.88. The highest BCUT2D eigenvalue weighted by Gasteiger charge is 2.33. The second kappa shape index (κ2) is 11.6. The fraction of sp³-hybridized carbons (Fsp3) is 0.273. The summed E-state index contributed by atoms with van der Waals surface area (Å²) in [5, 5.41) is 0. The molecular formula is C33H32N4O2S2. The molecule has 2 fully saturated rings. The molecule has 6 nitrogen and oxygen atoms in total. The van der Waals surface area contributed by atoms with E-state index in [2.05, 4.69) is 35.2 Å². The molecule has 6 rings (SSSR count). The van der Waals surface area contributed by atoms with Crippen LogP contribution in [0.5, 0.6) is 0 Å². The normalized spacial score (nSPS) is 17.3. The smallest absolute Gasteiger partial charge is 0.267 e. The van der Waals surface area contributed by atoms with Gasteiger partial charge in [0.1, 0.15) is 15.8 Å². The van der Waals surface area contributed by atoms with Crippen molar-refractivity contribution >= 4 is 51.7 Å². The number of nitrogens with zero attached hydrogens (tertiary/aromatic N) is 4. The predicted octanol–water partition coefficient (Wildman–Crippen LogP) is 6.17. The Morgan fingerprint density at radius 1 is 0.927 bits per heavy atom. The molecular weight excluding hydrogens is 549 g/mol. The molecule has 0 spiro atoms. The van der Waals surface area contributed by atoms with Crippen LogP contribution in [0.1, 0.15) is 40.7 Å². The first-order chi connectivity index (χ1) is 19.9. The zero-order valence-electron chi connectivity index (χ0n) is 23.2. The van der Waals surface area contributed by atoms with Crippen molar-refractivity contribution in [1.82, 2.24) is 14.3 Å². The van der Waals surface area contributed by atoms with Gasteiger partial charge in [0, 0.05) is 19.3 Å². The molecule has 0 saturated carbocycles. The second-order valence-corrected chi connectivity index (χ2v) is 12.6. The predicted molar refractivity (Wildman–Crippen MR) is 171 cm³/mol. The molecule has 1 amide bonds. The van der Waals surface area contributed by atoms with Crippen molar-refractivity contribution in [3.63, 3.8) is 0 Å². The summed E-state index contributed by atoms with van der Waals surface area (Å²) in [5.41, 5.74) is 5.36. The summed E-state index contributed by atoms with van der Waals surface area (Å²) in [4.78, 5) is 36.7. The van der Waals surface area contributed by atoms with Crippen LogP contribution in [-0.4, -0.2) is 37.6 Å². The lowest BCUT2D eigenvalue weighted by Gasteiger charge is -2.33. The maximum atomic E-state index is 13.9. The van der Waals surface area contributed by atoms with Crippen molar-refractivity contribution < 1.29 is 4.79 Å². The summed E-state index contributed by atoms with van der Waals surface area (Å²) >= 11 is 6.85. The molecule has 2 saturated heterocycles. The average molecular weight is 581 g/mol. The third kappa shape index (κ3) is 5.85. The number of thioether (sulfide) groups is 1. The number of carbonyl (C=O) groups is 1. The van der Waals surface area contributed by atoms with Crippen molar-refractivity contribution in [2.45, 2.75) is 39.7 Å². The van der Waals surface area contributed by atoms with Crippen LogP contribution in [0.15, 0.2) is 82.6 Å². The van der Waals surface area contributed by atoms with Crippen LogP contribution >= 0.6 is 24.0 Å². The summed E-state index contributed by atoms with van der Waals surface area (Å²) in [6.45, 7) is 6.00. The van der Waals surface area contributed by atoms with Crippen LogP contribution in [0.25, 0.3) is 11.7 Å². The Hall–Kier alpha value is -3.75. The van der Waals surface area contributed by atoms with Crippen molar-refractivity contribution in [2.24, 2.45) is 5.92 Å². The molecule has 2 aromatic carbocycles. The Bertz CT molecular complexity index is 1710. The Labute approximate surface area is 249 Å². The zero-order valence-corrected chi connectivity index (χ0v) is 24.9. The van der Waals surface area contributed by atoms with Gasteiger partial charge >= 0.3 is 0 Å². The Morgan fingerprint density at radius 3 is 2.37 bits per heavy atom. The first-order valence-corrected chi connectivity index (χ1v) is 15.2. The summed E-state index contributed by atoms with van der Waals surface area (Å²) in [5.74, 6) is 1.04. The van der Waals surface area contributed by atoms with Crippen LogP contribution in [0.2, 0.25) is 0 Å². The van der Waals surface area contributed by atoms with E-state index in [-0.39, 0.29) is 11.5 Å². The monoisotopic (exact) mass is 580 g/mol. The fourth-order valence-corrected chi connectivity index (χ4v) is 6.79. The highest BCUT2D eigenvalue weighted by molar-refractivity contribution is 8.26. The number of hydrogen-bond donors (Lipinski definition) is 0. The molecule has 0 N–H and O–H groups in total. The maximum absolute atomic E-state index is 13.9. The van der Waals surface area contributed by atoms with Crippen LogP contribution in [-0.2, 0) is 17.8 Å². The van der Waals surface area contributed by atoms with Crippen LogP contribution in [0, 0.1) is 19.8 Å². The number of amides is 1. The molecule has 0 radical (unpaired) electrons. The van der Waals surface area contributed by atoms with Crippen molar-refractivity contribution in [3.05, 3.63) is 116 Å². The standard InChI is InChI=1S/C33H32N4O2S2/c1-22-8-11-26(12-9-22)21-37-32(39)28(41-33(37)40)19-27-30(34-29-13-10-23(2)20-36(29)31(27)38)35-16-14-25(15-17-35)18-24-6-4-3-5-7-24/h3-13,19-20,25H,14-18,21H2,1-2H3. The summed E-state index contributed by atoms with van der Waals surface area (Å²) in [7, 11) is 0. The fourth-order valence-electron chi connectivity index (χ4n) is 5.55. The van der Waals surface area contributed by atoms with E-state index in [1.54, 1.807) is 21.6 Å². The van der Waals surface area contributed by atoms with Crippen LogP contribution in [0.4, 0.5) is 5.82 Å². The first kappa shape index (κ1) is 27.4. The molecule has 2 aliphatic heterocycles. The van der Waals surface area contributed by atoms with E-state index < -0.39 is 0 Å². The van der Waals surface area contributed by atoms with Gasteiger partial charge in [-0.15, -0.1) is 0 Å². The lowest BCUT2D eigenvalue weighted by Crippen LogP contribution is -2.37. The number of piperidine rings is 1. The lowest BCUT2D eigenvalue weighted by atomic mass is 9.90. The van der Waals surface area contributed by atoms with E-state index in [9.17, 15) is 9.59 Å². The molecule has 4 aromatic rings. The number of aromatic nitrogens is 2. The highest BCUT2D eigenvalue weighted by Crippen LogP contribution is 2.35. The second-order valence-electron chi connectivity index (χ2n) is 11.0. The van der Waals surface area contributed by atoms with Gasteiger partial charge in [-0.1, -0.05) is 90.2 Å². The third-order valence-corrected chi connectivity index (χ3v) is 9.25. The summed E-state index contributed by atoms with van der Waals surface area (Å²) in [6, 6.07) is 22.5. The van der Waals surface area contributed by atoms with Gasteiger partial charge in [-0.05, 0) is 67.9 Å².